The van der Waals surface area contributed by atoms with Crippen LogP contribution in [-0.2, 0) is 22.4 Å². The van der Waals surface area contributed by atoms with Gasteiger partial charge in [0.05, 0.1) is 24.2 Å². The molecule has 1 atom stereocenters. The lowest BCUT2D eigenvalue weighted by atomic mass is 9.97. The van der Waals surface area contributed by atoms with Crippen molar-refractivity contribution in [1.29, 1.82) is 0 Å². The molecule has 1 unspecified atom stereocenters. The van der Waals surface area contributed by atoms with E-state index in [1.165, 1.54) is 12.0 Å². The van der Waals surface area contributed by atoms with Gasteiger partial charge in [0, 0.05) is 10.4 Å². The number of benzene rings is 1. The summed E-state index contributed by atoms with van der Waals surface area (Å²) in [6.07, 6.45) is 4.00. The van der Waals surface area contributed by atoms with Gasteiger partial charge in [-0.25, -0.2) is 4.98 Å². The van der Waals surface area contributed by atoms with Crippen molar-refractivity contribution in [3.05, 3.63) is 56.7 Å². The second-order valence-corrected chi connectivity index (χ2v) is 9.15. The van der Waals surface area contributed by atoms with E-state index in [9.17, 15) is 14.4 Å². The van der Waals surface area contributed by atoms with Crippen LogP contribution in [0, 0.1) is 0 Å². The molecule has 1 N–H and O–H groups in total. The fourth-order valence-corrected chi connectivity index (χ4v) is 5.89. The molecular weight excluding hydrogens is 408 g/mol. The number of hydrogen-bond donors (Lipinski definition) is 1. The highest BCUT2D eigenvalue weighted by Crippen LogP contribution is 2.35. The molecule has 2 heterocycles. The lowest BCUT2D eigenvalue weighted by Gasteiger charge is -2.14. The van der Waals surface area contributed by atoms with Gasteiger partial charge in [-0.05, 0) is 31.2 Å². The number of ether oxygens (including phenoxy) is 1. The number of thiophene rings is 1. The van der Waals surface area contributed by atoms with Crippen LogP contribution >= 0.6 is 23.1 Å². The standard InChI is InChI=1S/C21H20N2O4S2/c1-27-16(24)11-15(18(25)12-7-3-2-4-8-12)29-21-22-19(26)17-13-9-5-6-10-14(13)28-20(17)23-21/h2-4,7-8,15H,5-6,9-11H2,1H3,(H,22,23,26). The van der Waals surface area contributed by atoms with E-state index in [2.05, 4.69) is 9.97 Å². The van der Waals surface area contributed by atoms with Gasteiger partial charge in [-0.15, -0.1) is 11.3 Å². The maximum atomic E-state index is 13.0. The van der Waals surface area contributed by atoms with Gasteiger partial charge in [-0.3, -0.25) is 14.4 Å². The minimum absolute atomic E-state index is 0.0996. The number of hydrogen-bond acceptors (Lipinski definition) is 7. The summed E-state index contributed by atoms with van der Waals surface area (Å²) in [5, 5.41) is 0.285. The maximum Gasteiger partial charge on any atom is 0.307 e. The number of nitrogens with one attached hydrogen (secondary N) is 1. The number of methoxy groups -OCH3 is 1. The highest BCUT2D eigenvalue weighted by Gasteiger charge is 2.27. The van der Waals surface area contributed by atoms with Crippen molar-refractivity contribution in [2.24, 2.45) is 0 Å². The lowest BCUT2D eigenvalue weighted by Crippen LogP contribution is -2.23. The molecule has 2 aromatic heterocycles. The van der Waals surface area contributed by atoms with Crippen LogP contribution in [0.25, 0.3) is 10.2 Å². The van der Waals surface area contributed by atoms with Gasteiger partial charge in [0.15, 0.2) is 10.9 Å². The zero-order valence-corrected chi connectivity index (χ0v) is 17.5. The van der Waals surface area contributed by atoms with Crippen molar-refractivity contribution in [3.63, 3.8) is 0 Å². The van der Waals surface area contributed by atoms with E-state index >= 15 is 0 Å². The van der Waals surface area contributed by atoms with Crippen molar-refractivity contribution in [2.75, 3.05) is 7.11 Å². The first kappa shape index (κ1) is 19.8. The van der Waals surface area contributed by atoms with E-state index in [1.807, 2.05) is 6.07 Å². The highest BCUT2D eigenvalue weighted by atomic mass is 32.2. The van der Waals surface area contributed by atoms with Gasteiger partial charge in [-0.2, -0.15) is 0 Å². The van der Waals surface area contributed by atoms with E-state index < -0.39 is 11.2 Å². The highest BCUT2D eigenvalue weighted by molar-refractivity contribution is 8.00. The number of H-pyrrole nitrogens is 1. The third kappa shape index (κ3) is 4.13. The van der Waals surface area contributed by atoms with Gasteiger partial charge >= 0.3 is 5.97 Å². The minimum Gasteiger partial charge on any atom is -0.469 e. The summed E-state index contributed by atoms with van der Waals surface area (Å²) in [6, 6.07) is 8.79. The molecule has 0 bridgehead atoms. The third-order valence-electron chi connectivity index (χ3n) is 4.99. The SMILES string of the molecule is COC(=O)CC(Sc1nc2sc3c(c2c(=O)[nH]1)CCCC3)C(=O)c1ccccc1. The van der Waals surface area contributed by atoms with Crippen LogP contribution in [0.5, 0.6) is 0 Å². The van der Waals surface area contributed by atoms with Crippen molar-refractivity contribution in [3.8, 4) is 0 Å². The van der Waals surface area contributed by atoms with Crippen LogP contribution in [-0.4, -0.2) is 34.1 Å². The Labute approximate surface area is 175 Å². The van der Waals surface area contributed by atoms with Crippen LogP contribution in [0.15, 0.2) is 40.3 Å². The summed E-state index contributed by atoms with van der Waals surface area (Å²) in [7, 11) is 1.29. The molecule has 0 saturated carbocycles. The number of esters is 1. The van der Waals surface area contributed by atoms with E-state index in [0.717, 1.165) is 43.0 Å². The van der Waals surface area contributed by atoms with E-state index in [0.29, 0.717) is 20.9 Å². The molecule has 1 aliphatic carbocycles. The molecule has 3 aromatic rings. The molecular formula is C21H20N2O4S2. The molecule has 1 aliphatic rings. The molecule has 1 aromatic carbocycles. The predicted octanol–water partition coefficient (Wildman–Crippen LogP) is 3.77. The van der Waals surface area contributed by atoms with Crippen LogP contribution in [0.2, 0.25) is 0 Å². The Morgan fingerprint density at radius 1 is 1.24 bits per heavy atom. The first-order chi connectivity index (χ1) is 14.1. The Balaban J connectivity index is 1.68. The second kappa shape index (κ2) is 8.51. The molecule has 0 aliphatic heterocycles. The third-order valence-corrected chi connectivity index (χ3v) is 7.26. The Kier molecular flexibility index (Phi) is 5.82. The smallest absolute Gasteiger partial charge is 0.307 e. The number of nitrogens with zero attached hydrogens (tertiary/aromatic N) is 1. The zero-order chi connectivity index (χ0) is 20.4. The molecule has 0 amide bonds. The van der Waals surface area contributed by atoms with Crippen LogP contribution < -0.4 is 5.56 Å². The van der Waals surface area contributed by atoms with Crippen molar-refractivity contribution >= 4 is 45.1 Å². The molecule has 0 saturated heterocycles. The summed E-state index contributed by atoms with van der Waals surface area (Å²) >= 11 is 2.66. The summed E-state index contributed by atoms with van der Waals surface area (Å²) in [5.74, 6) is -0.684. The normalized spacial score (nSPS) is 14.4. The molecule has 150 valence electrons. The number of carbonyl (C=O) groups is 2. The first-order valence-corrected chi connectivity index (χ1v) is 11.1. The average Bonchev–Trinajstić information content (AvgIpc) is 3.12. The monoisotopic (exact) mass is 428 g/mol. The first-order valence-electron chi connectivity index (χ1n) is 9.44. The molecule has 0 radical (unpaired) electrons. The van der Waals surface area contributed by atoms with Crippen LogP contribution in [0.3, 0.4) is 0 Å². The average molecular weight is 429 g/mol. The number of carbonyl (C=O) groups excluding carboxylic acids is 2. The van der Waals surface area contributed by atoms with E-state index in [1.54, 1.807) is 35.6 Å². The summed E-state index contributed by atoms with van der Waals surface area (Å²) in [5.41, 5.74) is 1.44. The number of fused-ring (bicyclic) bond motifs is 3. The Bertz CT molecular complexity index is 1120. The number of aromatic nitrogens is 2. The van der Waals surface area contributed by atoms with Gasteiger partial charge in [0.1, 0.15) is 4.83 Å². The molecule has 0 spiro atoms. The zero-order valence-electron chi connectivity index (χ0n) is 15.9. The summed E-state index contributed by atoms with van der Waals surface area (Å²) in [4.78, 5) is 47.0. The Morgan fingerprint density at radius 3 is 2.76 bits per heavy atom. The van der Waals surface area contributed by atoms with Gasteiger partial charge < -0.3 is 9.72 Å². The van der Waals surface area contributed by atoms with Crippen LogP contribution in [0.4, 0.5) is 0 Å². The number of thioether (sulfide) groups is 1. The number of aryl methyl sites for hydroxylation is 2. The molecule has 8 heteroatoms. The largest absolute Gasteiger partial charge is 0.469 e. The molecule has 0 fully saturated rings. The summed E-state index contributed by atoms with van der Waals surface area (Å²) < 4.78 is 4.76. The molecule has 6 nitrogen and oxygen atoms in total. The van der Waals surface area contributed by atoms with E-state index in [4.69, 9.17) is 4.74 Å². The predicted molar refractivity (Wildman–Crippen MR) is 114 cm³/mol. The Morgan fingerprint density at radius 2 is 2.00 bits per heavy atom. The second-order valence-electron chi connectivity index (χ2n) is 6.88. The number of aromatic amines is 1. The maximum absolute atomic E-state index is 13.0. The van der Waals surface area contributed by atoms with Gasteiger partial charge in [-0.1, -0.05) is 42.1 Å². The van der Waals surface area contributed by atoms with Crippen LogP contribution in [0.1, 0.15) is 40.1 Å². The van der Waals surface area contributed by atoms with Crippen molar-refractivity contribution in [2.45, 2.75) is 42.5 Å². The van der Waals surface area contributed by atoms with E-state index in [-0.39, 0.29) is 17.8 Å². The molecule has 29 heavy (non-hydrogen) atoms. The quantitative estimate of drug-likeness (QED) is 0.278. The number of ketones is 1. The van der Waals surface area contributed by atoms with Crippen molar-refractivity contribution in [1.82, 2.24) is 9.97 Å². The number of Topliss-reactive ketones (excluding diaryl/α,β-unsaturated/α-hetero) is 1. The van der Waals surface area contributed by atoms with Gasteiger partial charge in [0.2, 0.25) is 0 Å². The molecule has 4 rings (SSSR count). The van der Waals surface area contributed by atoms with Crippen molar-refractivity contribution < 1.29 is 14.3 Å². The summed E-state index contributed by atoms with van der Waals surface area (Å²) in [6.45, 7) is 0. The minimum atomic E-state index is -0.736. The fourth-order valence-electron chi connectivity index (χ4n) is 3.55. The lowest BCUT2D eigenvalue weighted by molar-refractivity contribution is -0.140. The topological polar surface area (TPSA) is 89.1 Å². The fraction of sp³-hybridized carbons (Fsp3) is 0.333. The number of rotatable bonds is 6. The van der Waals surface area contributed by atoms with Gasteiger partial charge in [0.25, 0.3) is 5.56 Å². The Hall–Kier alpha value is -2.45.